The molecule has 4 rings (SSSR count). The van der Waals surface area contributed by atoms with Gasteiger partial charge in [-0.15, -0.1) is 0 Å². The van der Waals surface area contributed by atoms with E-state index in [4.69, 9.17) is 21.3 Å². The van der Waals surface area contributed by atoms with Crippen LogP contribution in [0, 0.1) is 0 Å². The maximum Gasteiger partial charge on any atom is 0.223 e. The molecule has 1 amide bonds. The zero-order valence-electron chi connectivity index (χ0n) is 17.4. The third-order valence-electron chi connectivity index (χ3n) is 5.67. The predicted molar refractivity (Wildman–Crippen MR) is 120 cm³/mol. The lowest BCUT2D eigenvalue weighted by Gasteiger charge is -2.17. The molecule has 158 valence electrons. The predicted octanol–water partition coefficient (Wildman–Crippen LogP) is 5.27. The van der Waals surface area contributed by atoms with Crippen molar-refractivity contribution < 1.29 is 9.53 Å². The molecule has 0 spiro atoms. The molecule has 5 nitrogen and oxygen atoms in total. The number of benzene rings is 2. The van der Waals surface area contributed by atoms with E-state index in [1.807, 2.05) is 47.4 Å². The number of halogens is 1. The number of rotatable bonds is 9. The van der Waals surface area contributed by atoms with Gasteiger partial charge in [0, 0.05) is 32.0 Å². The quantitative estimate of drug-likeness (QED) is 0.438. The van der Waals surface area contributed by atoms with Gasteiger partial charge in [0.2, 0.25) is 5.91 Å². The highest BCUT2D eigenvalue weighted by Crippen LogP contribution is 2.31. The number of carbonyl (C=O) groups excluding carboxylic acids is 1. The van der Waals surface area contributed by atoms with E-state index in [0.29, 0.717) is 23.8 Å². The van der Waals surface area contributed by atoms with Gasteiger partial charge in [-0.3, -0.25) is 4.79 Å². The summed E-state index contributed by atoms with van der Waals surface area (Å²) < 4.78 is 8.13. The Hall–Kier alpha value is -2.53. The highest BCUT2D eigenvalue weighted by Gasteiger charge is 2.33. The molecule has 1 saturated heterocycles. The summed E-state index contributed by atoms with van der Waals surface area (Å²) in [6.45, 7) is 5.13. The second-order valence-electron chi connectivity index (χ2n) is 7.84. The molecule has 0 radical (unpaired) electrons. The standard InChI is InChI=1S/C24H28ClN3O2/c1-2-3-13-27-17-18(16-23(27)29)24-26-20-10-5-6-11-21(20)28(24)14-8-15-30-22-12-7-4-9-19(22)25/h4-7,9-12,18H,2-3,8,13-17H2,1H3/t18-/m1/s1. The first-order valence-electron chi connectivity index (χ1n) is 10.8. The number of aryl methyl sites for hydroxylation is 1. The number of imidazole rings is 1. The van der Waals surface area contributed by atoms with Crippen molar-refractivity contribution in [1.82, 2.24) is 14.5 Å². The van der Waals surface area contributed by atoms with Crippen molar-refractivity contribution in [3.8, 4) is 5.75 Å². The van der Waals surface area contributed by atoms with Gasteiger partial charge < -0.3 is 14.2 Å². The van der Waals surface area contributed by atoms with Crippen LogP contribution in [-0.4, -0.2) is 40.1 Å². The molecule has 0 aliphatic carbocycles. The number of nitrogens with zero attached hydrogens (tertiary/aromatic N) is 3. The number of aromatic nitrogens is 2. The van der Waals surface area contributed by atoms with E-state index >= 15 is 0 Å². The first-order chi connectivity index (χ1) is 14.7. The second-order valence-corrected chi connectivity index (χ2v) is 8.24. The van der Waals surface area contributed by atoms with Gasteiger partial charge in [-0.1, -0.05) is 49.2 Å². The first kappa shape index (κ1) is 20.7. The minimum absolute atomic E-state index is 0.145. The summed E-state index contributed by atoms with van der Waals surface area (Å²) in [5, 5.41) is 0.628. The zero-order chi connectivity index (χ0) is 20.9. The maximum atomic E-state index is 12.5. The Kier molecular flexibility index (Phi) is 6.58. The summed E-state index contributed by atoms with van der Waals surface area (Å²) in [6, 6.07) is 15.7. The number of hydrogen-bond donors (Lipinski definition) is 0. The molecule has 0 bridgehead atoms. The fourth-order valence-electron chi connectivity index (χ4n) is 4.12. The molecule has 3 aromatic rings. The molecule has 1 aliphatic rings. The lowest BCUT2D eigenvalue weighted by molar-refractivity contribution is -0.127. The lowest BCUT2D eigenvalue weighted by atomic mass is 10.1. The van der Waals surface area contributed by atoms with Gasteiger partial charge in [0.15, 0.2) is 0 Å². The third-order valence-corrected chi connectivity index (χ3v) is 5.98. The number of ether oxygens (including phenoxy) is 1. The van der Waals surface area contributed by atoms with Crippen LogP contribution in [-0.2, 0) is 11.3 Å². The maximum absolute atomic E-state index is 12.5. The summed E-state index contributed by atoms with van der Waals surface area (Å²) in [6.07, 6.45) is 3.52. The molecule has 0 saturated carbocycles. The van der Waals surface area contributed by atoms with E-state index in [-0.39, 0.29) is 11.8 Å². The second kappa shape index (κ2) is 9.52. The van der Waals surface area contributed by atoms with Gasteiger partial charge in [0.05, 0.1) is 22.7 Å². The minimum atomic E-state index is 0.145. The number of likely N-dealkylation sites (tertiary alicyclic amines) is 1. The number of para-hydroxylation sites is 3. The third kappa shape index (κ3) is 4.46. The van der Waals surface area contributed by atoms with E-state index < -0.39 is 0 Å². The molecule has 0 N–H and O–H groups in total. The van der Waals surface area contributed by atoms with E-state index in [1.165, 1.54) is 0 Å². The van der Waals surface area contributed by atoms with Crippen molar-refractivity contribution in [2.24, 2.45) is 0 Å². The summed E-state index contributed by atoms with van der Waals surface area (Å²) in [4.78, 5) is 19.4. The number of carbonyl (C=O) groups is 1. The topological polar surface area (TPSA) is 47.4 Å². The Labute approximate surface area is 182 Å². The van der Waals surface area contributed by atoms with E-state index in [1.54, 1.807) is 0 Å². The Morgan fingerprint density at radius 2 is 1.90 bits per heavy atom. The van der Waals surface area contributed by atoms with Crippen molar-refractivity contribution in [2.45, 2.75) is 45.1 Å². The van der Waals surface area contributed by atoms with Crippen LogP contribution in [0.15, 0.2) is 48.5 Å². The summed E-state index contributed by atoms with van der Waals surface area (Å²) in [5.41, 5.74) is 2.10. The molecule has 1 aromatic heterocycles. The van der Waals surface area contributed by atoms with E-state index in [9.17, 15) is 4.79 Å². The van der Waals surface area contributed by atoms with Crippen molar-refractivity contribution in [1.29, 1.82) is 0 Å². The fourth-order valence-corrected chi connectivity index (χ4v) is 4.31. The van der Waals surface area contributed by atoms with Crippen LogP contribution >= 0.6 is 11.6 Å². The average Bonchev–Trinajstić information content (AvgIpc) is 3.31. The molecule has 30 heavy (non-hydrogen) atoms. The van der Waals surface area contributed by atoms with Crippen molar-refractivity contribution in [3.05, 3.63) is 59.4 Å². The highest BCUT2D eigenvalue weighted by molar-refractivity contribution is 6.32. The Morgan fingerprint density at radius 1 is 1.10 bits per heavy atom. The molecule has 2 heterocycles. The van der Waals surface area contributed by atoms with Crippen LogP contribution in [0.1, 0.15) is 44.3 Å². The Bertz CT molecular complexity index is 1020. The smallest absolute Gasteiger partial charge is 0.223 e. The summed E-state index contributed by atoms with van der Waals surface area (Å²) in [7, 11) is 0. The molecule has 1 aliphatic heterocycles. The molecular formula is C24H28ClN3O2. The number of fused-ring (bicyclic) bond motifs is 1. The lowest BCUT2D eigenvalue weighted by Crippen LogP contribution is -2.26. The number of amides is 1. The van der Waals surface area contributed by atoms with Crippen LogP contribution in [0.25, 0.3) is 11.0 Å². The first-order valence-corrected chi connectivity index (χ1v) is 11.2. The normalized spacial score (nSPS) is 16.5. The monoisotopic (exact) mass is 425 g/mol. The van der Waals surface area contributed by atoms with Crippen molar-refractivity contribution >= 4 is 28.5 Å². The van der Waals surface area contributed by atoms with E-state index in [2.05, 4.69) is 17.6 Å². The Morgan fingerprint density at radius 3 is 2.73 bits per heavy atom. The SMILES string of the molecule is CCCCN1C[C@H](c2nc3ccccc3n2CCCOc2ccccc2Cl)CC1=O. The van der Waals surface area contributed by atoms with E-state index in [0.717, 1.165) is 55.8 Å². The van der Waals surface area contributed by atoms with Gasteiger partial charge in [-0.05, 0) is 37.1 Å². The molecule has 1 atom stereocenters. The van der Waals surface area contributed by atoms with Crippen LogP contribution in [0.4, 0.5) is 0 Å². The van der Waals surface area contributed by atoms with Crippen molar-refractivity contribution in [2.75, 3.05) is 19.7 Å². The minimum Gasteiger partial charge on any atom is -0.492 e. The van der Waals surface area contributed by atoms with Gasteiger partial charge >= 0.3 is 0 Å². The highest BCUT2D eigenvalue weighted by atomic mass is 35.5. The molecule has 1 fully saturated rings. The number of hydrogen-bond acceptors (Lipinski definition) is 3. The van der Waals surface area contributed by atoms with Gasteiger partial charge in [0.1, 0.15) is 11.6 Å². The van der Waals surface area contributed by atoms with Crippen LogP contribution < -0.4 is 4.74 Å². The molecule has 0 unspecified atom stereocenters. The van der Waals surface area contributed by atoms with Crippen LogP contribution in [0.3, 0.4) is 0 Å². The van der Waals surface area contributed by atoms with Crippen LogP contribution in [0.2, 0.25) is 5.02 Å². The van der Waals surface area contributed by atoms with Gasteiger partial charge in [-0.2, -0.15) is 0 Å². The molecular weight excluding hydrogens is 398 g/mol. The summed E-state index contributed by atoms with van der Waals surface area (Å²) >= 11 is 6.18. The molecule has 6 heteroatoms. The Balaban J connectivity index is 1.48. The fraction of sp³-hybridized carbons (Fsp3) is 0.417. The van der Waals surface area contributed by atoms with Crippen molar-refractivity contribution in [3.63, 3.8) is 0 Å². The average molecular weight is 426 g/mol. The van der Waals surface area contributed by atoms with Crippen LogP contribution in [0.5, 0.6) is 5.75 Å². The summed E-state index contributed by atoms with van der Waals surface area (Å²) in [5.74, 6) is 2.12. The van der Waals surface area contributed by atoms with Gasteiger partial charge in [0.25, 0.3) is 0 Å². The zero-order valence-corrected chi connectivity index (χ0v) is 18.1. The van der Waals surface area contributed by atoms with Gasteiger partial charge in [-0.25, -0.2) is 4.98 Å². The number of unbranched alkanes of at least 4 members (excludes halogenated alkanes) is 1. The molecule has 2 aromatic carbocycles. The largest absolute Gasteiger partial charge is 0.492 e.